The maximum absolute atomic E-state index is 12.7. The van der Waals surface area contributed by atoms with Crippen molar-refractivity contribution >= 4 is 11.9 Å². The Hall–Kier alpha value is -1.80. The molecule has 0 saturated heterocycles. The molecule has 1 amide bonds. The molecule has 7 heteroatoms. The van der Waals surface area contributed by atoms with Crippen LogP contribution in [0.1, 0.15) is 12.0 Å². The van der Waals surface area contributed by atoms with Crippen molar-refractivity contribution < 1.29 is 33.7 Å². The van der Waals surface area contributed by atoms with Crippen LogP contribution in [0.15, 0.2) is 30.3 Å². The van der Waals surface area contributed by atoms with Crippen LogP contribution < -0.4 is 5.11 Å². The molecule has 0 bridgehead atoms. The molecule has 0 aliphatic heterocycles. The summed E-state index contributed by atoms with van der Waals surface area (Å²) in [5, 5.41) is 11.5. The van der Waals surface area contributed by atoms with E-state index in [1.54, 1.807) is 7.05 Å². The van der Waals surface area contributed by atoms with Gasteiger partial charge in [0.15, 0.2) is 0 Å². The van der Waals surface area contributed by atoms with E-state index >= 15 is 0 Å². The van der Waals surface area contributed by atoms with Crippen molar-refractivity contribution in [3.05, 3.63) is 35.9 Å². The van der Waals surface area contributed by atoms with Gasteiger partial charge in [-0.25, -0.2) is 4.79 Å². The van der Waals surface area contributed by atoms with Crippen molar-refractivity contribution in [2.24, 2.45) is 5.92 Å². The average Bonchev–Trinajstić information content (AvgIpc) is 2.60. The van der Waals surface area contributed by atoms with Gasteiger partial charge in [0, 0.05) is 26.1 Å². The van der Waals surface area contributed by atoms with Gasteiger partial charge in [-0.2, -0.15) is 4.84 Å². The number of carboxylic acids is 1. The van der Waals surface area contributed by atoms with Gasteiger partial charge in [-0.1, -0.05) is 30.3 Å². The quantitative estimate of drug-likeness (QED) is 0.303. The molecular weight excluding hydrogens is 326 g/mol. The second kappa shape index (κ2) is 10.9. The number of carbonyl (C=O) groups is 2. The Bertz CT molecular complexity index is 536. The minimum absolute atomic E-state index is 0.176. The lowest BCUT2D eigenvalue weighted by Crippen LogP contribution is -2.53. The number of likely N-dealkylation sites (N-methyl/N-ethyl adjacent to an activating group) is 1. The topological polar surface area (TPSA) is 84.9 Å². The van der Waals surface area contributed by atoms with Crippen molar-refractivity contribution in [1.82, 2.24) is 0 Å². The first-order chi connectivity index (χ1) is 11.9. The number of methoxy groups -OCH3 is 2. The normalized spacial score (nSPS) is 14.7. The third-order valence-electron chi connectivity index (χ3n) is 3.99. The molecule has 1 unspecified atom stereocenters. The van der Waals surface area contributed by atoms with Crippen LogP contribution in [-0.4, -0.2) is 64.2 Å². The summed E-state index contributed by atoms with van der Waals surface area (Å²) < 4.78 is 9.61. The summed E-state index contributed by atoms with van der Waals surface area (Å²) in [7, 11) is 4.67. The number of hydroxylamine groups is 3. The van der Waals surface area contributed by atoms with Gasteiger partial charge in [-0.05, 0) is 12.0 Å². The third-order valence-corrected chi connectivity index (χ3v) is 3.99. The van der Waals surface area contributed by atoms with Crippen LogP contribution in [0, 0.1) is 5.92 Å². The van der Waals surface area contributed by atoms with E-state index in [4.69, 9.17) is 14.3 Å². The molecule has 140 valence electrons. The summed E-state index contributed by atoms with van der Waals surface area (Å²) in [6.45, 7) is 1.15. The number of quaternary nitrogens is 1. The fraction of sp³-hybridized carbons (Fsp3) is 0.556. The van der Waals surface area contributed by atoms with Crippen molar-refractivity contribution in [3.63, 3.8) is 0 Å². The minimum atomic E-state index is -1.24. The fourth-order valence-electron chi connectivity index (χ4n) is 2.39. The Morgan fingerprint density at radius 3 is 2.28 bits per heavy atom. The summed E-state index contributed by atoms with van der Waals surface area (Å²) in [5.41, 5.74) is 0.843. The molecule has 0 N–H and O–H groups in total. The molecule has 0 aliphatic carbocycles. The number of benzene rings is 1. The van der Waals surface area contributed by atoms with Gasteiger partial charge < -0.3 is 19.4 Å². The van der Waals surface area contributed by atoms with Crippen molar-refractivity contribution in [3.8, 4) is 0 Å². The zero-order chi connectivity index (χ0) is 18.7. The first-order valence-electron chi connectivity index (χ1n) is 8.19. The van der Waals surface area contributed by atoms with E-state index in [9.17, 15) is 14.7 Å². The van der Waals surface area contributed by atoms with E-state index in [0.717, 1.165) is 5.56 Å². The number of carbonyl (C=O) groups excluding carboxylic acids is 2. The number of amides is 1. The van der Waals surface area contributed by atoms with Gasteiger partial charge in [0.1, 0.15) is 20.2 Å². The molecule has 0 aliphatic rings. The van der Waals surface area contributed by atoms with Crippen LogP contribution in [-0.2, 0) is 30.3 Å². The van der Waals surface area contributed by atoms with E-state index in [0.29, 0.717) is 13.2 Å². The Labute approximate surface area is 148 Å². The molecule has 1 aromatic rings. The average molecular weight is 353 g/mol. The lowest BCUT2D eigenvalue weighted by molar-refractivity contribution is -1.03. The monoisotopic (exact) mass is 353 g/mol. The lowest BCUT2D eigenvalue weighted by atomic mass is 9.95. The molecule has 0 fully saturated rings. The van der Waals surface area contributed by atoms with Gasteiger partial charge >= 0.3 is 5.91 Å². The predicted octanol–water partition coefficient (Wildman–Crippen LogP) is 0.183. The molecule has 0 radical (unpaired) electrons. The van der Waals surface area contributed by atoms with Crippen LogP contribution in [0.4, 0.5) is 0 Å². The Balaban J connectivity index is 2.80. The van der Waals surface area contributed by atoms with Gasteiger partial charge in [0.25, 0.3) is 0 Å². The van der Waals surface area contributed by atoms with Gasteiger partial charge in [-0.15, -0.1) is 4.65 Å². The molecule has 1 aromatic carbocycles. The highest BCUT2D eigenvalue weighted by Gasteiger charge is 2.36. The van der Waals surface area contributed by atoms with E-state index in [2.05, 4.69) is 0 Å². The Kier molecular flexibility index (Phi) is 9.30. The van der Waals surface area contributed by atoms with Gasteiger partial charge in [0.2, 0.25) is 0 Å². The van der Waals surface area contributed by atoms with Crippen LogP contribution >= 0.6 is 0 Å². The number of rotatable bonds is 12. The van der Waals surface area contributed by atoms with Crippen molar-refractivity contribution in [2.45, 2.75) is 12.8 Å². The molecule has 0 heterocycles. The zero-order valence-electron chi connectivity index (χ0n) is 15.1. The van der Waals surface area contributed by atoms with E-state index in [1.807, 2.05) is 30.3 Å². The molecule has 7 nitrogen and oxygen atoms in total. The highest BCUT2D eigenvalue weighted by atomic mass is 16.7. The number of hydrogen-bond acceptors (Lipinski definition) is 6. The molecule has 0 aromatic heterocycles. The SMILES string of the molecule is COCCO[N+](C)(CCOC)C(=O)C[C@@H](Cc1ccccc1)C(=O)[O-]. The van der Waals surface area contributed by atoms with E-state index in [1.165, 1.54) is 14.2 Å². The standard InChI is InChI=1S/C18H27NO6/c1-19(9-10-23-2,25-12-11-24-3)17(20)14-16(18(21)22)13-15-7-5-4-6-8-15/h4-8,16H,9-14H2,1-3H3/t16-,19?/m1/s1. The maximum atomic E-state index is 12.7. The summed E-state index contributed by atoms with van der Waals surface area (Å²) in [5.74, 6) is -2.49. The van der Waals surface area contributed by atoms with Crippen LogP contribution in [0.2, 0.25) is 0 Å². The highest BCUT2D eigenvalue weighted by Crippen LogP contribution is 2.17. The molecule has 2 atom stereocenters. The molecule has 25 heavy (non-hydrogen) atoms. The van der Waals surface area contributed by atoms with Gasteiger partial charge in [0.05, 0.1) is 19.6 Å². The third kappa shape index (κ3) is 7.31. The minimum Gasteiger partial charge on any atom is -0.550 e. The first kappa shape index (κ1) is 21.2. The van der Waals surface area contributed by atoms with E-state index < -0.39 is 11.9 Å². The number of aliphatic carboxylic acids is 1. The maximum Gasteiger partial charge on any atom is 0.346 e. The smallest absolute Gasteiger partial charge is 0.346 e. The number of carboxylic acid groups (broad SMARTS) is 1. The predicted molar refractivity (Wildman–Crippen MR) is 89.0 cm³/mol. The summed E-state index contributed by atoms with van der Waals surface area (Å²) in [6.07, 6.45) is 0.0572. The van der Waals surface area contributed by atoms with Crippen LogP contribution in [0.5, 0.6) is 0 Å². The largest absolute Gasteiger partial charge is 0.550 e. The van der Waals surface area contributed by atoms with E-state index in [-0.39, 0.29) is 36.5 Å². The molecule has 0 saturated carbocycles. The van der Waals surface area contributed by atoms with Gasteiger partial charge in [-0.3, -0.25) is 0 Å². The van der Waals surface area contributed by atoms with Crippen LogP contribution in [0.3, 0.4) is 0 Å². The van der Waals surface area contributed by atoms with Crippen molar-refractivity contribution in [2.75, 3.05) is 47.6 Å². The number of ether oxygens (including phenoxy) is 2. The number of hydrogen-bond donors (Lipinski definition) is 0. The Morgan fingerprint density at radius 2 is 1.72 bits per heavy atom. The highest BCUT2D eigenvalue weighted by molar-refractivity contribution is 5.77. The first-order valence-corrected chi connectivity index (χ1v) is 8.19. The lowest BCUT2D eigenvalue weighted by Gasteiger charge is -2.30. The molecular formula is C18H27NO6. The number of nitrogens with zero attached hydrogens (tertiary/aromatic N) is 1. The zero-order valence-corrected chi connectivity index (χ0v) is 15.1. The van der Waals surface area contributed by atoms with Crippen LogP contribution in [0.25, 0.3) is 0 Å². The summed E-state index contributed by atoms with van der Waals surface area (Å²) >= 11 is 0. The van der Waals surface area contributed by atoms with Crippen molar-refractivity contribution in [1.29, 1.82) is 0 Å². The Morgan fingerprint density at radius 1 is 1.08 bits per heavy atom. The molecule has 0 spiro atoms. The molecule has 1 rings (SSSR count). The fourth-order valence-corrected chi connectivity index (χ4v) is 2.39. The summed E-state index contributed by atoms with van der Waals surface area (Å²) in [4.78, 5) is 29.8. The second-order valence-electron chi connectivity index (χ2n) is 5.95. The summed E-state index contributed by atoms with van der Waals surface area (Å²) in [6, 6.07) is 9.17. The second-order valence-corrected chi connectivity index (χ2v) is 5.95.